The van der Waals surface area contributed by atoms with E-state index in [0.29, 0.717) is 17.8 Å². The number of carbonyl (C=O) groups excluding carboxylic acids is 2. The Morgan fingerprint density at radius 1 is 1.09 bits per heavy atom. The van der Waals surface area contributed by atoms with Crippen molar-refractivity contribution in [1.29, 1.82) is 0 Å². The van der Waals surface area contributed by atoms with Crippen LogP contribution < -0.4 is 10.6 Å². The zero-order valence-electron chi connectivity index (χ0n) is 13.0. The van der Waals surface area contributed by atoms with E-state index in [2.05, 4.69) is 10.6 Å². The first-order valence-electron chi connectivity index (χ1n) is 7.48. The van der Waals surface area contributed by atoms with Gasteiger partial charge in [-0.25, -0.2) is 0 Å². The molecule has 5 heteroatoms. The largest absolute Gasteiger partial charge is 0.508 e. The Kier molecular flexibility index (Phi) is 5.74. The number of hydrogen-bond donors (Lipinski definition) is 3. The van der Waals surface area contributed by atoms with E-state index in [9.17, 15) is 14.7 Å². The summed E-state index contributed by atoms with van der Waals surface area (Å²) in [7, 11) is 0. The van der Waals surface area contributed by atoms with Crippen molar-refractivity contribution in [2.45, 2.75) is 19.8 Å². The number of benzene rings is 2. The number of nitrogens with one attached hydrogen (secondary N) is 2. The summed E-state index contributed by atoms with van der Waals surface area (Å²) in [6.07, 6.45) is 1.58. The molecule has 3 N–H and O–H groups in total. The van der Waals surface area contributed by atoms with E-state index in [4.69, 9.17) is 0 Å². The van der Waals surface area contributed by atoms with Crippen LogP contribution >= 0.6 is 0 Å². The molecule has 2 amide bonds. The van der Waals surface area contributed by atoms with Crippen LogP contribution in [0.3, 0.4) is 0 Å². The summed E-state index contributed by atoms with van der Waals surface area (Å²) in [5.41, 5.74) is 2.26. The maximum Gasteiger partial charge on any atom is 0.251 e. The molecule has 23 heavy (non-hydrogen) atoms. The molecule has 0 radical (unpaired) electrons. The van der Waals surface area contributed by atoms with Gasteiger partial charge >= 0.3 is 0 Å². The predicted molar refractivity (Wildman–Crippen MR) is 89.5 cm³/mol. The number of aryl methyl sites for hydroxylation is 1. The quantitative estimate of drug-likeness (QED) is 0.718. The zero-order valence-corrected chi connectivity index (χ0v) is 13.0. The van der Waals surface area contributed by atoms with Crippen molar-refractivity contribution in [3.63, 3.8) is 0 Å². The molecular formula is C18H20N2O3. The minimum Gasteiger partial charge on any atom is -0.508 e. The standard InChI is InChI=1S/C18H20N2O3/c1-13(21)20-16-9-7-15(8-10-16)18(23)19-11-3-5-14-4-2-6-17(22)12-14/h2,4,6-10,12,22H,3,5,11H2,1H3,(H,19,23)(H,20,21). The lowest BCUT2D eigenvalue weighted by Gasteiger charge is -2.07. The average Bonchev–Trinajstić information content (AvgIpc) is 2.51. The molecule has 0 heterocycles. The fourth-order valence-electron chi connectivity index (χ4n) is 2.22. The molecule has 120 valence electrons. The van der Waals surface area contributed by atoms with E-state index < -0.39 is 0 Å². The third-order valence-corrected chi connectivity index (χ3v) is 3.31. The zero-order chi connectivity index (χ0) is 16.7. The minimum absolute atomic E-state index is 0.143. The molecule has 2 rings (SSSR count). The Bertz CT molecular complexity index is 681. The van der Waals surface area contributed by atoms with Crippen molar-refractivity contribution in [3.8, 4) is 5.75 Å². The first-order chi connectivity index (χ1) is 11.0. The van der Waals surface area contributed by atoms with Crippen molar-refractivity contribution in [1.82, 2.24) is 5.32 Å². The van der Waals surface area contributed by atoms with E-state index >= 15 is 0 Å². The van der Waals surface area contributed by atoms with Crippen LogP contribution in [0.2, 0.25) is 0 Å². The smallest absolute Gasteiger partial charge is 0.251 e. The van der Waals surface area contributed by atoms with Gasteiger partial charge in [-0.1, -0.05) is 12.1 Å². The van der Waals surface area contributed by atoms with Crippen molar-refractivity contribution in [2.24, 2.45) is 0 Å². The summed E-state index contributed by atoms with van der Waals surface area (Å²) < 4.78 is 0. The van der Waals surface area contributed by atoms with Gasteiger partial charge in [-0.2, -0.15) is 0 Å². The molecule has 2 aromatic rings. The predicted octanol–water partition coefficient (Wildman–Crippen LogP) is 2.71. The molecule has 0 unspecified atom stereocenters. The molecule has 0 bridgehead atoms. The van der Waals surface area contributed by atoms with Crippen LogP contribution in [-0.4, -0.2) is 23.5 Å². The number of aromatic hydroxyl groups is 1. The van der Waals surface area contributed by atoms with E-state index in [1.54, 1.807) is 42.5 Å². The van der Waals surface area contributed by atoms with Crippen LogP contribution in [0, 0.1) is 0 Å². The lowest BCUT2D eigenvalue weighted by molar-refractivity contribution is -0.114. The SMILES string of the molecule is CC(=O)Nc1ccc(C(=O)NCCCc2cccc(O)c2)cc1. The molecule has 0 aromatic heterocycles. The Morgan fingerprint density at radius 3 is 2.48 bits per heavy atom. The van der Waals surface area contributed by atoms with Crippen molar-refractivity contribution < 1.29 is 14.7 Å². The third kappa shape index (κ3) is 5.47. The number of rotatable bonds is 6. The first kappa shape index (κ1) is 16.5. The highest BCUT2D eigenvalue weighted by Gasteiger charge is 2.05. The van der Waals surface area contributed by atoms with Crippen LogP contribution in [0.25, 0.3) is 0 Å². The molecule has 5 nitrogen and oxygen atoms in total. The van der Waals surface area contributed by atoms with Crippen LogP contribution in [0.1, 0.15) is 29.3 Å². The highest BCUT2D eigenvalue weighted by Crippen LogP contribution is 2.12. The van der Waals surface area contributed by atoms with Gasteiger partial charge in [0.1, 0.15) is 5.75 Å². The molecule has 0 saturated carbocycles. The van der Waals surface area contributed by atoms with E-state index in [1.165, 1.54) is 6.92 Å². The maximum absolute atomic E-state index is 12.0. The molecule has 0 aliphatic heterocycles. The molecule has 2 aromatic carbocycles. The Balaban J connectivity index is 1.77. The van der Waals surface area contributed by atoms with Gasteiger partial charge in [0, 0.05) is 24.7 Å². The van der Waals surface area contributed by atoms with Gasteiger partial charge in [0.05, 0.1) is 0 Å². The highest BCUT2D eigenvalue weighted by atomic mass is 16.3. The van der Waals surface area contributed by atoms with E-state index in [-0.39, 0.29) is 17.6 Å². The Hall–Kier alpha value is -2.82. The van der Waals surface area contributed by atoms with Gasteiger partial charge in [0.2, 0.25) is 5.91 Å². The van der Waals surface area contributed by atoms with Gasteiger partial charge in [-0.05, 0) is 54.8 Å². The normalized spacial score (nSPS) is 10.1. The molecule has 0 atom stereocenters. The second-order valence-corrected chi connectivity index (χ2v) is 5.29. The number of anilines is 1. The number of carbonyl (C=O) groups is 2. The summed E-state index contributed by atoms with van der Waals surface area (Å²) in [5.74, 6) is -0.0322. The van der Waals surface area contributed by atoms with Crippen LogP contribution in [0.15, 0.2) is 48.5 Å². The lowest BCUT2D eigenvalue weighted by atomic mass is 10.1. The van der Waals surface area contributed by atoms with Gasteiger partial charge in [-0.15, -0.1) is 0 Å². The van der Waals surface area contributed by atoms with E-state index in [0.717, 1.165) is 18.4 Å². The minimum atomic E-state index is -0.144. The number of amides is 2. The van der Waals surface area contributed by atoms with Gasteiger partial charge in [0.25, 0.3) is 5.91 Å². The third-order valence-electron chi connectivity index (χ3n) is 3.31. The fourth-order valence-corrected chi connectivity index (χ4v) is 2.22. The van der Waals surface area contributed by atoms with Gasteiger partial charge in [0.15, 0.2) is 0 Å². The van der Waals surface area contributed by atoms with Crippen LogP contribution in [0.4, 0.5) is 5.69 Å². The lowest BCUT2D eigenvalue weighted by Crippen LogP contribution is -2.24. The summed E-state index contributed by atoms with van der Waals surface area (Å²) >= 11 is 0. The average molecular weight is 312 g/mol. The number of phenols is 1. The maximum atomic E-state index is 12.0. The van der Waals surface area contributed by atoms with E-state index in [1.807, 2.05) is 6.07 Å². The summed E-state index contributed by atoms with van der Waals surface area (Å²) in [6.45, 7) is 2.00. The van der Waals surface area contributed by atoms with Crippen LogP contribution in [-0.2, 0) is 11.2 Å². The molecule has 0 aliphatic carbocycles. The monoisotopic (exact) mass is 312 g/mol. The van der Waals surface area contributed by atoms with Gasteiger partial charge in [-0.3, -0.25) is 9.59 Å². The van der Waals surface area contributed by atoms with Crippen molar-refractivity contribution >= 4 is 17.5 Å². The second kappa shape index (κ2) is 7.98. The summed E-state index contributed by atoms with van der Waals surface area (Å²) in [4.78, 5) is 22.9. The fraction of sp³-hybridized carbons (Fsp3) is 0.222. The summed E-state index contributed by atoms with van der Waals surface area (Å²) in [5, 5.41) is 14.9. The summed E-state index contributed by atoms with van der Waals surface area (Å²) in [6, 6.07) is 13.9. The Labute approximate surface area is 135 Å². The van der Waals surface area contributed by atoms with Crippen molar-refractivity contribution in [3.05, 3.63) is 59.7 Å². The molecule has 0 saturated heterocycles. The topological polar surface area (TPSA) is 78.4 Å². The first-order valence-corrected chi connectivity index (χ1v) is 7.48. The molecule has 0 aliphatic rings. The highest BCUT2D eigenvalue weighted by molar-refractivity contribution is 5.95. The number of phenolic OH excluding ortho intramolecular Hbond substituents is 1. The Morgan fingerprint density at radius 2 is 1.83 bits per heavy atom. The molecule has 0 fully saturated rings. The van der Waals surface area contributed by atoms with Gasteiger partial charge < -0.3 is 15.7 Å². The molecular weight excluding hydrogens is 292 g/mol. The van der Waals surface area contributed by atoms with Crippen molar-refractivity contribution in [2.75, 3.05) is 11.9 Å². The second-order valence-electron chi connectivity index (χ2n) is 5.29. The molecule has 0 spiro atoms. The van der Waals surface area contributed by atoms with Crippen LogP contribution in [0.5, 0.6) is 5.75 Å². The number of hydrogen-bond acceptors (Lipinski definition) is 3.